The van der Waals surface area contributed by atoms with E-state index in [-0.39, 0.29) is 0 Å². The molecule has 23 heavy (non-hydrogen) atoms. The quantitative estimate of drug-likeness (QED) is 0.560. The molecule has 2 heterocycles. The van der Waals surface area contributed by atoms with Crippen molar-refractivity contribution in [3.63, 3.8) is 0 Å². The van der Waals surface area contributed by atoms with Gasteiger partial charge in [0.1, 0.15) is 0 Å². The molecule has 0 saturated carbocycles. The molecule has 0 amide bonds. The van der Waals surface area contributed by atoms with Crippen molar-refractivity contribution in [3.8, 4) is 22.5 Å². The number of aromatic nitrogens is 3. The van der Waals surface area contributed by atoms with Crippen LogP contribution in [0.25, 0.3) is 28.2 Å². The van der Waals surface area contributed by atoms with E-state index in [4.69, 9.17) is 17.3 Å². The van der Waals surface area contributed by atoms with Crippen molar-refractivity contribution in [2.45, 2.75) is 0 Å². The van der Waals surface area contributed by atoms with Crippen LogP contribution in [0.2, 0.25) is 5.02 Å². The molecule has 2 aromatic heterocycles. The molecule has 0 aliphatic heterocycles. The number of nitrogens with two attached hydrogens (primary N) is 1. The summed E-state index contributed by atoms with van der Waals surface area (Å²) in [7, 11) is 0. The first-order chi connectivity index (χ1) is 11.2. The Labute approximate surface area is 138 Å². The zero-order valence-corrected chi connectivity index (χ0v) is 12.9. The van der Waals surface area contributed by atoms with Gasteiger partial charge in [-0.05, 0) is 47.5 Å². The minimum absolute atomic E-state index is 0.672. The van der Waals surface area contributed by atoms with Crippen LogP contribution in [-0.4, -0.2) is 14.6 Å². The molecule has 4 rings (SSSR count). The normalized spacial score (nSPS) is 11.0. The van der Waals surface area contributed by atoms with E-state index in [1.807, 2.05) is 71.3 Å². The first-order valence-corrected chi connectivity index (χ1v) is 7.55. The van der Waals surface area contributed by atoms with Gasteiger partial charge in [-0.1, -0.05) is 35.9 Å². The van der Waals surface area contributed by atoms with Gasteiger partial charge in [0.15, 0.2) is 11.5 Å². The first kappa shape index (κ1) is 13.8. The van der Waals surface area contributed by atoms with E-state index in [0.717, 1.165) is 33.8 Å². The van der Waals surface area contributed by atoms with Crippen LogP contribution in [0.3, 0.4) is 0 Å². The van der Waals surface area contributed by atoms with Crippen molar-refractivity contribution in [1.82, 2.24) is 14.6 Å². The van der Waals surface area contributed by atoms with Crippen LogP contribution in [0.5, 0.6) is 0 Å². The number of pyridine rings is 1. The van der Waals surface area contributed by atoms with E-state index in [0.29, 0.717) is 5.02 Å². The molecular formula is C18H13ClN4. The third kappa shape index (κ3) is 2.53. The van der Waals surface area contributed by atoms with Gasteiger partial charge in [-0.2, -0.15) is 0 Å². The van der Waals surface area contributed by atoms with Crippen LogP contribution < -0.4 is 5.73 Å². The third-order valence-electron chi connectivity index (χ3n) is 3.71. The van der Waals surface area contributed by atoms with E-state index in [2.05, 4.69) is 10.2 Å². The van der Waals surface area contributed by atoms with E-state index < -0.39 is 0 Å². The summed E-state index contributed by atoms with van der Waals surface area (Å²) in [6.45, 7) is 0. The van der Waals surface area contributed by atoms with Gasteiger partial charge in [-0.3, -0.25) is 4.40 Å². The van der Waals surface area contributed by atoms with Crippen molar-refractivity contribution in [3.05, 3.63) is 71.9 Å². The lowest BCUT2D eigenvalue weighted by molar-refractivity contribution is 1.11. The molecule has 0 fully saturated rings. The van der Waals surface area contributed by atoms with E-state index >= 15 is 0 Å². The summed E-state index contributed by atoms with van der Waals surface area (Å²) >= 11 is 6.09. The van der Waals surface area contributed by atoms with Crippen molar-refractivity contribution < 1.29 is 0 Å². The number of rotatable bonds is 2. The number of anilines is 1. The molecular weight excluding hydrogens is 308 g/mol. The second kappa shape index (κ2) is 5.41. The van der Waals surface area contributed by atoms with Crippen molar-refractivity contribution in [2.75, 3.05) is 5.73 Å². The maximum absolute atomic E-state index is 6.09. The standard InChI is InChI=1S/C18H13ClN4/c19-15-5-1-4-13(9-15)18-22-21-17-8-7-14(11-23(17)18)12-3-2-6-16(20)10-12/h1-11H,20H2. The first-order valence-electron chi connectivity index (χ1n) is 7.17. The summed E-state index contributed by atoms with van der Waals surface area (Å²) in [5.41, 5.74) is 10.4. The Morgan fingerprint density at radius 3 is 2.48 bits per heavy atom. The van der Waals surface area contributed by atoms with Crippen LogP contribution in [0, 0.1) is 0 Å². The molecule has 0 radical (unpaired) electrons. The second-order valence-corrected chi connectivity index (χ2v) is 5.74. The van der Waals surface area contributed by atoms with Gasteiger partial charge < -0.3 is 5.73 Å². The summed E-state index contributed by atoms with van der Waals surface area (Å²) in [6, 6.07) is 19.3. The fourth-order valence-corrected chi connectivity index (χ4v) is 2.79. The Kier molecular flexibility index (Phi) is 3.24. The SMILES string of the molecule is Nc1cccc(-c2ccc3nnc(-c4cccc(Cl)c4)n3c2)c1. The van der Waals surface area contributed by atoms with Gasteiger partial charge in [0.25, 0.3) is 0 Å². The van der Waals surface area contributed by atoms with Gasteiger partial charge in [-0.15, -0.1) is 10.2 Å². The Morgan fingerprint density at radius 1 is 0.826 bits per heavy atom. The highest BCUT2D eigenvalue weighted by atomic mass is 35.5. The number of nitrogens with zero attached hydrogens (tertiary/aromatic N) is 3. The lowest BCUT2D eigenvalue weighted by Gasteiger charge is -2.05. The fourth-order valence-electron chi connectivity index (χ4n) is 2.60. The molecule has 4 aromatic rings. The van der Waals surface area contributed by atoms with Crippen LogP contribution in [0.1, 0.15) is 0 Å². The number of nitrogen functional groups attached to an aromatic ring is 1. The molecule has 0 unspecified atom stereocenters. The molecule has 112 valence electrons. The molecule has 2 N–H and O–H groups in total. The van der Waals surface area contributed by atoms with E-state index in [1.165, 1.54) is 0 Å². The van der Waals surface area contributed by atoms with Gasteiger partial charge in [-0.25, -0.2) is 0 Å². The van der Waals surface area contributed by atoms with Crippen molar-refractivity contribution in [2.24, 2.45) is 0 Å². The largest absolute Gasteiger partial charge is 0.399 e. The lowest BCUT2D eigenvalue weighted by atomic mass is 10.1. The smallest absolute Gasteiger partial charge is 0.168 e. The average Bonchev–Trinajstić information content (AvgIpc) is 2.98. The monoisotopic (exact) mass is 320 g/mol. The molecule has 0 atom stereocenters. The highest BCUT2D eigenvalue weighted by Crippen LogP contribution is 2.26. The van der Waals surface area contributed by atoms with Crippen LogP contribution in [-0.2, 0) is 0 Å². The summed E-state index contributed by atoms with van der Waals surface area (Å²) < 4.78 is 1.96. The molecule has 2 aromatic carbocycles. The number of halogens is 1. The highest BCUT2D eigenvalue weighted by molar-refractivity contribution is 6.30. The Morgan fingerprint density at radius 2 is 1.65 bits per heavy atom. The average molecular weight is 321 g/mol. The lowest BCUT2D eigenvalue weighted by Crippen LogP contribution is -1.91. The minimum atomic E-state index is 0.672. The molecule has 0 saturated heterocycles. The Hall–Kier alpha value is -2.85. The fraction of sp³-hybridized carbons (Fsp3) is 0. The van der Waals surface area contributed by atoms with Crippen molar-refractivity contribution >= 4 is 22.9 Å². The topological polar surface area (TPSA) is 56.2 Å². The Bertz CT molecular complexity index is 1010. The number of hydrogen-bond acceptors (Lipinski definition) is 3. The van der Waals surface area contributed by atoms with Gasteiger partial charge >= 0.3 is 0 Å². The third-order valence-corrected chi connectivity index (χ3v) is 3.94. The molecule has 4 nitrogen and oxygen atoms in total. The van der Waals surface area contributed by atoms with Crippen LogP contribution in [0.4, 0.5) is 5.69 Å². The van der Waals surface area contributed by atoms with Gasteiger partial charge in [0.05, 0.1) is 0 Å². The summed E-state index contributed by atoms with van der Waals surface area (Å²) in [5, 5.41) is 9.18. The van der Waals surface area contributed by atoms with E-state index in [9.17, 15) is 0 Å². The van der Waals surface area contributed by atoms with Crippen LogP contribution in [0.15, 0.2) is 66.9 Å². The highest BCUT2D eigenvalue weighted by Gasteiger charge is 2.09. The molecule has 0 bridgehead atoms. The predicted molar refractivity (Wildman–Crippen MR) is 93.3 cm³/mol. The number of fused-ring (bicyclic) bond motifs is 1. The maximum Gasteiger partial charge on any atom is 0.168 e. The Balaban J connectivity index is 1.90. The zero-order valence-electron chi connectivity index (χ0n) is 12.1. The molecule has 0 aliphatic carbocycles. The summed E-state index contributed by atoms with van der Waals surface area (Å²) in [5.74, 6) is 0.758. The molecule has 5 heteroatoms. The predicted octanol–water partition coefficient (Wildman–Crippen LogP) is 4.30. The van der Waals surface area contributed by atoms with Gasteiger partial charge in [0.2, 0.25) is 0 Å². The number of hydrogen-bond donors (Lipinski definition) is 1. The van der Waals surface area contributed by atoms with Crippen LogP contribution >= 0.6 is 11.6 Å². The van der Waals surface area contributed by atoms with Crippen molar-refractivity contribution in [1.29, 1.82) is 0 Å². The molecule has 0 aliphatic rings. The molecule has 0 spiro atoms. The maximum atomic E-state index is 6.09. The number of benzene rings is 2. The van der Waals surface area contributed by atoms with Gasteiger partial charge in [0, 0.05) is 22.5 Å². The summed E-state index contributed by atoms with van der Waals surface area (Å²) in [4.78, 5) is 0. The zero-order chi connectivity index (χ0) is 15.8. The second-order valence-electron chi connectivity index (χ2n) is 5.31. The summed E-state index contributed by atoms with van der Waals surface area (Å²) in [6.07, 6.45) is 2.01. The minimum Gasteiger partial charge on any atom is -0.399 e. The van der Waals surface area contributed by atoms with E-state index in [1.54, 1.807) is 0 Å².